The Morgan fingerprint density at radius 2 is 1.85 bits per heavy atom. The third-order valence-electron chi connectivity index (χ3n) is 3.90. The number of carboxylic acids is 1. The molecule has 0 radical (unpaired) electrons. The third-order valence-corrected chi connectivity index (χ3v) is 3.90. The van der Waals surface area contributed by atoms with Gasteiger partial charge in [-0.3, -0.25) is 9.59 Å². The second kappa shape index (κ2) is 6.03. The molecule has 0 spiro atoms. The summed E-state index contributed by atoms with van der Waals surface area (Å²) < 4.78 is 12.8. The van der Waals surface area contributed by atoms with Crippen molar-refractivity contribution in [3.63, 3.8) is 0 Å². The summed E-state index contributed by atoms with van der Waals surface area (Å²) in [5, 5.41) is 11.9. The van der Waals surface area contributed by atoms with Gasteiger partial charge < -0.3 is 10.4 Å². The van der Waals surface area contributed by atoms with Gasteiger partial charge in [-0.2, -0.15) is 0 Å². The molecule has 0 bridgehead atoms. The standard InChI is InChI=1S/C15H18FNO3/c1-9(10-5-7-11(16)8-6-10)17-14(18)12-3-2-4-13(12)15(19)20/h5-9,12-13H,2-4H2,1H3,(H,17,18)(H,19,20)/t9?,12-,13+/m1/s1. The van der Waals surface area contributed by atoms with Crippen LogP contribution in [-0.2, 0) is 9.59 Å². The molecule has 1 fully saturated rings. The molecule has 5 heteroatoms. The van der Waals surface area contributed by atoms with Gasteiger partial charge in [-0.1, -0.05) is 18.6 Å². The van der Waals surface area contributed by atoms with Crippen molar-refractivity contribution in [2.45, 2.75) is 32.2 Å². The number of carboxylic acid groups (broad SMARTS) is 1. The molecule has 2 rings (SSSR count). The van der Waals surface area contributed by atoms with Gasteiger partial charge in [0.05, 0.1) is 17.9 Å². The zero-order chi connectivity index (χ0) is 14.7. The lowest BCUT2D eigenvalue weighted by molar-refractivity contribution is -0.146. The maximum atomic E-state index is 12.8. The summed E-state index contributed by atoms with van der Waals surface area (Å²) in [6.45, 7) is 1.80. The summed E-state index contributed by atoms with van der Waals surface area (Å²) in [6.07, 6.45) is 1.93. The molecule has 3 atom stereocenters. The first-order chi connectivity index (χ1) is 9.49. The fourth-order valence-corrected chi connectivity index (χ4v) is 2.72. The Balaban J connectivity index is 2.00. The Morgan fingerprint density at radius 3 is 2.45 bits per heavy atom. The molecule has 4 nitrogen and oxygen atoms in total. The van der Waals surface area contributed by atoms with Crippen LogP contribution < -0.4 is 5.32 Å². The van der Waals surface area contributed by atoms with E-state index >= 15 is 0 Å². The van der Waals surface area contributed by atoms with Gasteiger partial charge in [-0.25, -0.2) is 4.39 Å². The van der Waals surface area contributed by atoms with Crippen molar-refractivity contribution >= 4 is 11.9 Å². The summed E-state index contributed by atoms with van der Waals surface area (Å²) in [6, 6.07) is 5.65. The number of halogens is 1. The monoisotopic (exact) mass is 279 g/mol. The lowest BCUT2D eigenvalue weighted by Crippen LogP contribution is -2.36. The van der Waals surface area contributed by atoms with Crippen molar-refractivity contribution in [2.75, 3.05) is 0 Å². The van der Waals surface area contributed by atoms with Gasteiger partial charge in [0.25, 0.3) is 0 Å². The lowest BCUT2D eigenvalue weighted by Gasteiger charge is -2.20. The smallest absolute Gasteiger partial charge is 0.307 e. The van der Waals surface area contributed by atoms with E-state index in [0.717, 1.165) is 12.0 Å². The molecule has 0 heterocycles. The van der Waals surface area contributed by atoms with E-state index in [1.54, 1.807) is 19.1 Å². The fourth-order valence-electron chi connectivity index (χ4n) is 2.72. The molecular formula is C15H18FNO3. The molecule has 0 aliphatic heterocycles. The average molecular weight is 279 g/mol. The number of nitrogens with one attached hydrogen (secondary N) is 1. The largest absolute Gasteiger partial charge is 0.481 e. The van der Waals surface area contributed by atoms with Crippen molar-refractivity contribution in [1.82, 2.24) is 5.32 Å². The van der Waals surface area contributed by atoms with Crippen LogP contribution in [0, 0.1) is 17.7 Å². The minimum atomic E-state index is -0.905. The molecule has 0 saturated heterocycles. The minimum absolute atomic E-state index is 0.230. The Hall–Kier alpha value is -1.91. The first-order valence-electron chi connectivity index (χ1n) is 6.77. The highest BCUT2D eigenvalue weighted by Gasteiger charge is 2.38. The number of aliphatic carboxylic acids is 1. The summed E-state index contributed by atoms with van der Waals surface area (Å²) in [7, 11) is 0. The Kier molecular flexibility index (Phi) is 4.37. The van der Waals surface area contributed by atoms with Crippen LogP contribution in [0.25, 0.3) is 0 Å². The third kappa shape index (κ3) is 3.15. The van der Waals surface area contributed by atoms with Crippen LogP contribution in [-0.4, -0.2) is 17.0 Å². The Labute approximate surface area is 117 Å². The molecule has 1 saturated carbocycles. The van der Waals surface area contributed by atoms with Crippen LogP contribution in [0.5, 0.6) is 0 Å². The van der Waals surface area contributed by atoms with Crippen LogP contribution in [0.1, 0.15) is 37.8 Å². The van der Waals surface area contributed by atoms with E-state index in [0.29, 0.717) is 12.8 Å². The first kappa shape index (κ1) is 14.5. The van der Waals surface area contributed by atoms with Gasteiger partial charge in [0.15, 0.2) is 0 Å². The number of carbonyl (C=O) groups is 2. The summed E-state index contributed by atoms with van der Waals surface area (Å²) >= 11 is 0. The highest BCUT2D eigenvalue weighted by atomic mass is 19.1. The summed E-state index contributed by atoms with van der Waals surface area (Å²) in [5.41, 5.74) is 0.796. The molecule has 1 aliphatic carbocycles. The zero-order valence-electron chi connectivity index (χ0n) is 11.3. The highest BCUT2D eigenvalue weighted by Crippen LogP contribution is 2.32. The predicted molar refractivity (Wildman–Crippen MR) is 71.4 cm³/mol. The fraction of sp³-hybridized carbons (Fsp3) is 0.467. The number of amides is 1. The van der Waals surface area contributed by atoms with E-state index < -0.39 is 17.8 Å². The zero-order valence-corrected chi connectivity index (χ0v) is 11.3. The quantitative estimate of drug-likeness (QED) is 0.890. The van der Waals surface area contributed by atoms with E-state index in [9.17, 15) is 14.0 Å². The van der Waals surface area contributed by atoms with Crippen molar-refractivity contribution in [2.24, 2.45) is 11.8 Å². The Morgan fingerprint density at radius 1 is 1.25 bits per heavy atom. The molecule has 2 N–H and O–H groups in total. The number of benzene rings is 1. The summed E-state index contributed by atoms with van der Waals surface area (Å²) in [5.74, 6) is -2.51. The molecule has 108 valence electrons. The molecule has 0 aromatic heterocycles. The van der Waals surface area contributed by atoms with Gasteiger partial charge in [-0.15, -0.1) is 0 Å². The molecule has 1 unspecified atom stereocenters. The topological polar surface area (TPSA) is 66.4 Å². The molecule has 20 heavy (non-hydrogen) atoms. The van der Waals surface area contributed by atoms with Crippen LogP contribution in [0.3, 0.4) is 0 Å². The van der Waals surface area contributed by atoms with Crippen molar-refractivity contribution < 1.29 is 19.1 Å². The molecule has 1 aromatic rings. The van der Waals surface area contributed by atoms with E-state index in [4.69, 9.17) is 5.11 Å². The SMILES string of the molecule is CC(NC(=O)[C@@H]1CCC[C@@H]1C(=O)O)c1ccc(F)cc1. The van der Waals surface area contributed by atoms with E-state index in [1.807, 2.05) is 0 Å². The van der Waals surface area contributed by atoms with E-state index in [1.165, 1.54) is 12.1 Å². The van der Waals surface area contributed by atoms with Gasteiger partial charge in [0, 0.05) is 0 Å². The van der Waals surface area contributed by atoms with Gasteiger partial charge in [0.1, 0.15) is 5.82 Å². The molecular weight excluding hydrogens is 261 g/mol. The summed E-state index contributed by atoms with van der Waals surface area (Å²) in [4.78, 5) is 23.3. The van der Waals surface area contributed by atoms with Crippen LogP contribution in [0.15, 0.2) is 24.3 Å². The van der Waals surface area contributed by atoms with Crippen LogP contribution in [0.2, 0.25) is 0 Å². The Bertz CT molecular complexity index is 500. The van der Waals surface area contributed by atoms with E-state index in [2.05, 4.69) is 5.32 Å². The highest BCUT2D eigenvalue weighted by molar-refractivity contribution is 5.85. The molecule has 1 aromatic carbocycles. The second-order valence-corrected chi connectivity index (χ2v) is 5.26. The molecule has 1 aliphatic rings. The average Bonchev–Trinajstić information content (AvgIpc) is 2.88. The number of hydrogen-bond acceptors (Lipinski definition) is 2. The van der Waals surface area contributed by atoms with Crippen molar-refractivity contribution in [1.29, 1.82) is 0 Å². The normalized spacial score (nSPS) is 23.3. The van der Waals surface area contributed by atoms with E-state index in [-0.39, 0.29) is 17.8 Å². The van der Waals surface area contributed by atoms with Gasteiger partial charge in [-0.05, 0) is 37.5 Å². The lowest BCUT2D eigenvalue weighted by atomic mass is 9.94. The van der Waals surface area contributed by atoms with Gasteiger partial charge in [0.2, 0.25) is 5.91 Å². The number of rotatable bonds is 4. The van der Waals surface area contributed by atoms with Crippen LogP contribution >= 0.6 is 0 Å². The van der Waals surface area contributed by atoms with Crippen molar-refractivity contribution in [3.05, 3.63) is 35.6 Å². The number of carbonyl (C=O) groups excluding carboxylic acids is 1. The number of hydrogen-bond donors (Lipinski definition) is 2. The maximum Gasteiger partial charge on any atom is 0.307 e. The minimum Gasteiger partial charge on any atom is -0.481 e. The van der Waals surface area contributed by atoms with Gasteiger partial charge >= 0.3 is 5.97 Å². The van der Waals surface area contributed by atoms with Crippen molar-refractivity contribution in [3.8, 4) is 0 Å². The molecule has 1 amide bonds. The second-order valence-electron chi connectivity index (χ2n) is 5.26. The predicted octanol–water partition coefficient (Wildman–Crippen LogP) is 2.50. The first-order valence-corrected chi connectivity index (χ1v) is 6.77. The van der Waals surface area contributed by atoms with Crippen LogP contribution in [0.4, 0.5) is 4.39 Å². The maximum absolute atomic E-state index is 12.8.